The Morgan fingerprint density at radius 1 is 1.10 bits per heavy atom. The lowest BCUT2D eigenvalue weighted by atomic mass is 10.0. The highest BCUT2D eigenvalue weighted by Crippen LogP contribution is 2.21. The first-order valence-corrected chi connectivity index (χ1v) is 10.2. The standard InChI is InChI=1S/C23H28N6O2/c1-16(2)25-23(31)28(3)20(14-17-8-6-5-7-9-17)22(30)26-21-15-19(27-29(21)4)18-10-12-24-13-11-18/h5-13,15-16,20H,14H2,1-4H3,(H,25,31)(H,26,30)/t20-/m0/s1. The van der Waals surface area contributed by atoms with Crippen LogP contribution < -0.4 is 10.6 Å². The normalized spacial score (nSPS) is 11.8. The fourth-order valence-corrected chi connectivity index (χ4v) is 3.19. The largest absolute Gasteiger partial charge is 0.336 e. The van der Waals surface area contributed by atoms with E-state index >= 15 is 0 Å². The number of pyridine rings is 1. The molecule has 162 valence electrons. The minimum atomic E-state index is -0.694. The molecule has 0 spiro atoms. The van der Waals surface area contributed by atoms with Crippen LogP contribution in [0.1, 0.15) is 19.4 Å². The van der Waals surface area contributed by atoms with E-state index in [1.807, 2.05) is 56.3 Å². The monoisotopic (exact) mass is 420 g/mol. The van der Waals surface area contributed by atoms with Crippen molar-refractivity contribution in [3.8, 4) is 11.3 Å². The van der Waals surface area contributed by atoms with E-state index in [0.29, 0.717) is 12.2 Å². The SMILES string of the molecule is CC(C)NC(=O)N(C)[C@@H](Cc1ccccc1)C(=O)Nc1cc(-c2ccncc2)nn1C. The zero-order valence-corrected chi connectivity index (χ0v) is 18.2. The maximum absolute atomic E-state index is 13.3. The predicted molar refractivity (Wildman–Crippen MR) is 120 cm³/mol. The van der Waals surface area contributed by atoms with Gasteiger partial charge in [-0.1, -0.05) is 30.3 Å². The smallest absolute Gasteiger partial charge is 0.318 e. The Kier molecular flexibility index (Phi) is 7.02. The van der Waals surface area contributed by atoms with E-state index in [1.165, 1.54) is 4.90 Å². The summed E-state index contributed by atoms with van der Waals surface area (Å²) in [5.41, 5.74) is 2.60. The van der Waals surface area contributed by atoms with E-state index in [2.05, 4.69) is 20.7 Å². The third kappa shape index (κ3) is 5.69. The third-order valence-corrected chi connectivity index (χ3v) is 4.88. The summed E-state index contributed by atoms with van der Waals surface area (Å²) in [6.45, 7) is 3.77. The maximum atomic E-state index is 13.3. The molecule has 0 fully saturated rings. The van der Waals surface area contributed by atoms with Gasteiger partial charge >= 0.3 is 6.03 Å². The quantitative estimate of drug-likeness (QED) is 0.614. The van der Waals surface area contributed by atoms with Gasteiger partial charge in [-0.25, -0.2) is 4.79 Å². The second-order valence-corrected chi connectivity index (χ2v) is 7.68. The Balaban J connectivity index is 1.82. The van der Waals surface area contributed by atoms with Crippen LogP contribution in [0.5, 0.6) is 0 Å². The Morgan fingerprint density at radius 2 is 1.77 bits per heavy atom. The highest BCUT2D eigenvalue weighted by molar-refractivity contribution is 5.97. The number of benzene rings is 1. The lowest BCUT2D eigenvalue weighted by Crippen LogP contribution is -2.51. The van der Waals surface area contributed by atoms with Crippen molar-refractivity contribution >= 4 is 17.8 Å². The van der Waals surface area contributed by atoms with E-state index in [0.717, 1.165) is 16.8 Å². The molecule has 8 nitrogen and oxygen atoms in total. The summed E-state index contributed by atoms with van der Waals surface area (Å²) in [6, 6.07) is 14.1. The number of carbonyl (C=O) groups is 2. The molecule has 31 heavy (non-hydrogen) atoms. The Labute approximate surface area is 182 Å². The van der Waals surface area contributed by atoms with E-state index in [9.17, 15) is 9.59 Å². The molecule has 0 saturated carbocycles. The van der Waals surface area contributed by atoms with E-state index in [4.69, 9.17) is 0 Å². The van der Waals surface area contributed by atoms with Gasteiger partial charge in [0, 0.05) is 50.6 Å². The summed E-state index contributed by atoms with van der Waals surface area (Å²) < 4.78 is 1.61. The number of likely N-dealkylation sites (N-methyl/N-ethyl adjacent to an activating group) is 1. The van der Waals surface area contributed by atoms with Crippen LogP contribution in [0.4, 0.5) is 10.6 Å². The second-order valence-electron chi connectivity index (χ2n) is 7.68. The lowest BCUT2D eigenvalue weighted by Gasteiger charge is -2.28. The lowest BCUT2D eigenvalue weighted by molar-refractivity contribution is -0.120. The fourth-order valence-electron chi connectivity index (χ4n) is 3.19. The summed E-state index contributed by atoms with van der Waals surface area (Å²) in [5, 5.41) is 10.3. The fraction of sp³-hybridized carbons (Fsp3) is 0.304. The Bertz CT molecular complexity index is 1020. The van der Waals surface area contributed by atoms with Crippen LogP contribution >= 0.6 is 0 Å². The van der Waals surface area contributed by atoms with Gasteiger partial charge in [0.25, 0.3) is 0 Å². The molecule has 1 atom stereocenters. The number of aryl methyl sites for hydroxylation is 1. The molecule has 2 N–H and O–H groups in total. The van der Waals surface area contributed by atoms with E-state index in [1.54, 1.807) is 37.2 Å². The van der Waals surface area contributed by atoms with Gasteiger partial charge in [0.05, 0.1) is 5.69 Å². The molecular formula is C23H28N6O2. The number of carbonyl (C=O) groups excluding carboxylic acids is 2. The zero-order valence-electron chi connectivity index (χ0n) is 18.2. The van der Waals surface area contributed by atoms with Crippen molar-refractivity contribution in [2.24, 2.45) is 7.05 Å². The molecule has 2 aromatic heterocycles. The number of amides is 3. The summed E-state index contributed by atoms with van der Waals surface area (Å²) >= 11 is 0. The number of urea groups is 1. The van der Waals surface area contributed by atoms with Crippen molar-refractivity contribution in [2.45, 2.75) is 32.4 Å². The summed E-state index contributed by atoms with van der Waals surface area (Å²) in [7, 11) is 3.40. The highest BCUT2D eigenvalue weighted by Gasteiger charge is 2.28. The molecule has 0 aliphatic heterocycles. The molecule has 3 rings (SSSR count). The maximum Gasteiger partial charge on any atom is 0.318 e. The van der Waals surface area contributed by atoms with Gasteiger partial charge in [0.2, 0.25) is 5.91 Å². The number of nitrogens with zero attached hydrogens (tertiary/aromatic N) is 4. The van der Waals surface area contributed by atoms with Crippen molar-refractivity contribution in [1.82, 2.24) is 25.0 Å². The molecule has 0 saturated heterocycles. The predicted octanol–water partition coefficient (Wildman–Crippen LogP) is 3.08. The first-order chi connectivity index (χ1) is 14.8. The molecule has 8 heteroatoms. The van der Waals surface area contributed by atoms with Gasteiger partial charge < -0.3 is 15.5 Å². The molecule has 0 aliphatic carbocycles. The molecule has 0 aliphatic rings. The van der Waals surface area contributed by atoms with Crippen LogP contribution in [-0.2, 0) is 18.3 Å². The van der Waals surface area contributed by atoms with Crippen molar-refractivity contribution in [2.75, 3.05) is 12.4 Å². The average Bonchev–Trinajstić information content (AvgIpc) is 3.12. The average molecular weight is 421 g/mol. The molecule has 1 aromatic carbocycles. The Hall–Kier alpha value is -3.68. The number of hydrogen-bond donors (Lipinski definition) is 2. The van der Waals surface area contributed by atoms with Crippen LogP contribution in [0.15, 0.2) is 60.9 Å². The van der Waals surface area contributed by atoms with Gasteiger partial charge in [-0.2, -0.15) is 5.10 Å². The first-order valence-electron chi connectivity index (χ1n) is 10.2. The van der Waals surface area contributed by atoms with Crippen molar-refractivity contribution in [3.05, 3.63) is 66.5 Å². The minimum absolute atomic E-state index is 0.0321. The van der Waals surface area contributed by atoms with E-state index < -0.39 is 6.04 Å². The third-order valence-electron chi connectivity index (χ3n) is 4.88. The molecule has 2 heterocycles. The first kappa shape index (κ1) is 22.0. The molecule has 0 radical (unpaired) electrons. The van der Waals surface area contributed by atoms with Crippen molar-refractivity contribution in [3.63, 3.8) is 0 Å². The van der Waals surface area contributed by atoms with Crippen LogP contribution in [-0.4, -0.2) is 50.7 Å². The van der Waals surface area contributed by atoms with Gasteiger partial charge in [-0.3, -0.25) is 14.5 Å². The number of anilines is 1. The topological polar surface area (TPSA) is 92.2 Å². The number of nitrogens with one attached hydrogen (secondary N) is 2. The van der Waals surface area contributed by atoms with E-state index in [-0.39, 0.29) is 18.0 Å². The highest BCUT2D eigenvalue weighted by atomic mass is 16.2. The van der Waals surface area contributed by atoms with Crippen LogP contribution in [0, 0.1) is 0 Å². The summed E-state index contributed by atoms with van der Waals surface area (Å²) in [5.74, 6) is 0.266. The number of hydrogen-bond acceptors (Lipinski definition) is 4. The van der Waals surface area contributed by atoms with Gasteiger partial charge in [-0.15, -0.1) is 0 Å². The number of rotatable bonds is 7. The van der Waals surface area contributed by atoms with Crippen molar-refractivity contribution < 1.29 is 9.59 Å². The summed E-state index contributed by atoms with van der Waals surface area (Å²) in [6.07, 6.45) is 3.78. The summed E-state index contributed by atoms with van der Waals surface area (Å²) in [4.78, 5) is 31.3. The van der Waals surface area contributed by atoms with Gasteiger partial charge in [0.15, 0.2) is 0 Å². The molecule has 0 unspecified atom stereocenters. The molecular weight excluding hydrogens is 392 g/mol. The second kappa shape index (κ2) is 9.88. The number of aromatic nitrogens is 3. The van der Waals surface area contributed by atoms with Crippen LogP contribution in [0.25, 0.3) is 11.3 Å². The van der Waals surface area contributed by atoms with Crippen LogP contribution in [0.3, 0.4) is 0 Å². The Morgan fingerprint density at radius 3 is 2.42 bits per heavy atom. The molecule has 3 aromatic rings. The van der Waals surface area contributed by atoms with Crippen LogP contribution in [0.2, 0.25) is 0 Å². The molecule has 3 amide bonds. The zero-order chi connectivity index (χ0) is 22.4. The molecule has 0 bridgehead atoms. The minimum Gasteiger partial charge on any atom is -0.336 e. The van der Waals surface area contributed by atoms with Gasteiger partial charge in [-0.05, 0) is 31.5 Å². The van der Waals surface area contributed by atoms with Crippen molar-refractivity contribution in [1.29, 1.82) is 0 Å². The van der Waals surface area contributed by atoms with Gasteiger partial charge in [0.1, 0.15) is 11.9 Å².